The van der Waals surface area contributed by atoms with E-state index in [1.165, 1.54) is 60.2 Å². The van der Waals surface area contributed by atoms with Crippen LogP contribution in [0.5, 0.6) is 0 Å². The highest BCUT2D eigenvalue weighted by Gasteiger charge is 2.22. The van der Waals surface area contributed by atoms with Gasteiger partial charge < -0.3 is 18.0 Å². The lowest BCUT2D eigenvalue weighted by Gasteiger charge is -2.18. The highest BCUT2D eigenvalue weighted by Crippen LogP contribution is 2.43. The number of allylic oxidation sites excluding steroid dienone is 5. The zero-order valence-corrected chi connectivity index (χ0v) is 28.3. The first-order valence-electron chi connectivity index (χ1n) is 18.2. The van der Waals surface area contributed by atoms with Crippen LogP contribution in [0.15, 0.2) is 154 Å². The molecule has 0 radical (unpaired) electrons. The Balaban J connectivity index is 1.07. The van der Waals surface area contributed by atoms with Crippen molar-refractivity contribution in [3.8, 4) is 16.8 Å². The van der Waals surface area contributed by atoms with Crippen LogP contribution >= 0.6 is 0 Å². The average molecular weight is 669 g/mol. The summed E-state index contributed by atoms with van der Waals surface area (Å²) in [5.74, 6) is 1.01. The summed E-state index contributed by atoms with van der Waals surface area (Å²) in [6, 6.07) is 42.4. The second kappa shape index (κ2) is 10.5. The Hall–Kier alpha value is -6.52. The molecule has 4 heterocycles. The van der Waals surface area contributed by atoms with Gasteiger partial charge in [-0.3, -0.25) is 0 Å². The van der Waals surface area contributed by atoms with E-state index < -0.39 is 0 Å². The van der Waals surface area contributed by atoms with E-state index in [0.717, 1.165) is 63.7 Å². The molecule has 6 aromatic carbocycles. The number of aryl methyl sites for hydroxylation is 1. The van der Waals surface area contributed by atoms with Crippen molar-refractivity contribution in [2.45, 2.75) is 25.3 Å². The topological polar surface area (TPSA) is 36.1 Å². The van der Waals surface area contributed by atoms with E-state index in [1.807, 2.05) is 0 Å². The molecule has 0 saturated carbocycles. The Bertz CT molecular complexity index is 3210. The van der Waals surface area contributed by atoms with Crippen molar-refractivity contribution in [1.29, 1.82) is 0 Å². The number of furan rings is 2. The van der Waals surface area contributed by atoms with Crippen LogP contribution in [0.25, 0.3) is 99.4 Å². The van der Waals surface area contributed by atoms with Gasteiger partial charge in [-0.2, -0.15) is 0 Å². The van der Waals surface area contributed by atoms with Crippen LogP contribution in [0.1, 0.15) is 30.2 Å². The maximum Gasteiger partial charge on any atom is 0.137 e. The number of hydrogen-bond donors (Lipinski definition) is 0. The minimum Gasteiger partial charge on any atom is -0.456 e. The van der Waals surface area contributed by atoms with Gasteiger partial charge in [0.25, 0.3) is 0 Å². The smallest absolute Gasteiger partial charge is 0.137 e. The SMILES string of the molecule is C1=CCC(n2c3ccc(-c4ccc5oc6cc7c(cc6c5c4)c4ccccc4n7-c4ccccc4)cc3c3cc4c5c(oc4cc32)C=CCC5)C=C1. The van der Waals surface area contributed by atoms with Gasteiger partial charge in [0, 0.05) is 66.6 Å². The zero-order chi connectivity index (χ0) is 33.9. The molecule has 12 rings (SSSR count). The molecule has 0 spiro atoms. The maximum absolute atomic E-state index is 6.57. The Kier molecular flexibility index (Phi) is 5.70. The van der Waals surface area contributed by atoms with E-state index in [0.29, 0.717) is 0 Å². The molecule has 1 unspecified atom stereocenters. The van der Waals surface area contributed by atoms with Gasteiger partial charge in [-0.15, -0.1) is 0 Å². The zero-order valence-electron chi connectivity index (χ0n) is 28.3. The molecular weight excluding hydrogens is 637 g/mol. The third-order valence-corrected chi connectivity index (χ3v) is 11.5. The molecule has 4 aromatic heterocycles. The molecule has 0 aliphatic heterocycles. The summed E-state index contributed by atoms with van der Waals surface area (Å²) in [4.78, 5) is 0. The summed E-state index contributed by atoms with van der Waals surface area (Å²) in [7, 11) is 0. The quantitative estimate of drug-likeness (QED) is 0.188. The molecular formula is C48H32N2O2. The van der Waals surface area contributed by atoms with E-state index in [-0.39, 0.29) is 6.04 Å². The van der Waals surface area contributed by atoms with Gasteiger partial charge in [0.15, 0.2) is 0 Å². The summed E-state index contributed by atoms with van der Waals surface area (Å²) in [5.41, 5.74) is 12.4. The summed E-state index contributed by atoms with van der Waals surface area (Å²) >= 11 is 0. The lowest BCUT2D eigenvalue weighted by atomic mass is 9.98. The van der Waals surface area contributed by atoms with Crippen LogP contribution in [0.3, 0.4) is 0 Å². The molecule has 0 fully saturated rings. The van der Waals surface area contributed by atoms with Gasteiger partial charge in [0.05, 0.1) is 22.6 Å². The molecule has 2 aliphatic rings. The molecule has 52 heavy (non-hydrogen) atoms. The van der Waals surface area contributed by atoms with Crippen molar-refractivity contribution in [1.82, 2.24) is 9.13 Å². The molecule has 2 aliphatic carbocycles. The average Bonchev–Trinajstić information content (AvgIpc) is 3.93. The highest BCUT2D eigenvalue weighted by atomic mass is 16.3. The van der Waals surface area contributed by atoms with Crippen molar-refractivity contribution in [2.24, 2.45) is 0 Å². The first-order chi connectivity index (χ1) is 25.8. The Morgan fingerprint density at radius 1 is 0.519 bits per heavy atom. The number of fused-ring (bicyclic) bond motifs is 12. The van der Waals surface area contributed by atoms with Crippen molar-refractivity contribution in [3.63, 3.8) is 0 Å². The highest BCUT2D eigenvalue weighted by molar-refractivity contribution is 6.18. The first kappa shape index (κ1) is 28.2. The fraction of sp³-hybridized carbons (Fsp3) is 0.0833. The molecule has 10 aromatic rings. The van der Waals surface area contributed by atoms with Gasteiger partial charge in [-0.1, -0.05) is 78.9 Å². The minimum absolute atomic E-state index is 0.246. The van der Waals surface area contributed by atoms with Crippen molar-refractivity contribution in [2.75, 3.05) is 0 Å². The van der Waals surface area contributed by atoms with Crippen molar-refractivity contribution in [3.05, 3.63) is 157 Å². The van der Waals surface area contributed by atoms with Gasteiger partial charge >= 0.3 is 0 Å². The van der Waals surface area contributed by atoms with E-state index in [2.05, 4.69) is 161 Å². The summed E-state index contributed by atoms with van der Waals surface area (Å²) in [6.07, 6.45) is 16.3. The van der Waals surface area contributed by atoms with E-state index in [1.54, 1.807) is 0 Å². The Morgan fingerprint density at radius 2 is 1.27 bits per heavy atom. The first-order valence-corrected chi connectivity index (χ1v) is 18.2. The lowest BCUT2D eigenvalue weighted by Crippen LogP contribution is -2.06. The number of nitrogens with zero attached hydrogens (tertiary/aromatic N) is 2. The molecule has 4 nitrogen and oxygen atoms in total. The summed E-state index contributed by atoms with van der Waals surface area (Å²) in [6.45, 7) is 0. The van der Waals surface area contributed by atoms with E-state index in [4.69, 9.17) is 8.83 Å². The summed E-state index contributed by atoms with van der Waals surface area (Å²) < 4.78 is 17.9. The Morgan fingerprint density at radius 3 is 2.17 bits per heavy atom. The lowest BCUT2D eigenvalue weighted by molar-refractivity contribution is 0.595. The molecule has 4 heteroatoms. The largest absolute Gasteiger partial charge is 0.456 e. The molecule has 0 amide bonds. The van der Waals surface area contributed by atoms with Gasteiger partial charge in [-0.05, 0) is 91.1 Å². The van der Waals surface area contributed by atoms with Gasteiger partial charge in [0.1, 0.15) is 22.5 Å². The number of aromatic nitrogens is 2. The molecule has 1 atom stereocenters. The van der Waals surface area contributed by atoms with Crippen LogP contribution in [-0.2, 0) is 6.42 Å². The minimum atomic E-state index is 0.246. The Labute approximate surface area is 298 Å². The number of para-hydroxylation sites is 2. The molecule has 0 saturated heterocycles. The number of hydrogen-bond acceptors (Lipinski definition) is 2. The number of rotatable bonds is 3. The van der Waals surface area contributed by atoms with Gasteiger partial charge in [-0.25, -0.2) is 0 Å². The van der Waals surface area contributed by atoms with E-state index >= 15 is 0 Å². The van der Waals surface area contributed by atoms with Crippen molar-refractivity contribution < 1.29 is 8.83 Å². The van der Waals surface area contributed by atoms with Crippen LogP contribution in [0.2, 0.25) is 0 Å². The molecule has 0 bridgehead atoms. The predicted octanol–water partition coefficient (Wildman–Crippen LogP) is 13.2. The predicted molar refractivity (Wildman–Crippen MR) is 216 cm³/mol. The molecule has 246 valence electrons. The normalized spacial score (nSPS) is 15.8. The fourth-order valence-electron chi connectivity index (χ4n) is 9.09. The van der Waals surface area contributed by atoms with Crippen LogP contribution < -0.4 is 0 Å². The van der Waals surface area contributed by atoms with Crippen molar-refractivity contribution >= 4 is 82.6 Å². The monoisotopic (exact) mass is 668 g/mol. The van der Waals surface area contributed by atoms with Gasteiger partial charge in [0.2, 0.25) is 0 Å². The number of benzene rings is 6. The standard InChI is InChI=1S/C48H32N2O2/c1-3-11-31(12-4-1)49-41-17-9-7-15-33(41)36-25-40-38-24-30(20-22-46(38)52-48(40)27-43(36)49)29-19-21-42-35(23-29)37-26-39-34-16-8-10-18-45(34)51-47(39)28-44(37)50(42)32-13-5-2-6-14-32/h1-7,9-13,15,17-28,32H,8,14,16H2. The third-order valence-electron chi connectivity index (χ3n) is 11.5. The van der Waals surface area contributed by atoms with Crippen LogP contribution in [-0.4, -0.2) is 9.13 Å². The second-order valence-corrected chi connectivity index (χ2v) is 14.3. The molecule has 0 N–H and O–H groups in total. The summed E-state index contributed by atoms with van der Waals surface area (Å²) in [5, 5.41) is 8.51. The fourth-order valence-corrected chi connectivity index (χ4v) is 9.09. The maximum atomic E-state index is 6.57. The third kappa shape index (κ3) is 3.92. The van der Waals surface area contributed by atoms with Crippen LogP contribution in [0.4, 0.5) is 0 Å². The van der Waals surface area contributed by atoms with Crippen LogP contribution in [0, 0.1) is 0 Å². The van der Waals surface area contributed by atoms with E-state index in [9.17, 15) is 0 Å². The second-order valence-electron chi connectivity index (χ2n) is 14.3.